The lowest BCUT2D eigenvalue weighted by atomic mass is 10.4. The standard InChI is InChI=1S/C11H22NOPS3/c1-5-8-9-12(10-15)14(16,13-7-3)17-11(4)6-2/h5,8,10-11H,6-7,9H2,1-4H3. The van der Waals surface area contributed by atoms with Gasteiger partial charge in [-0.2, -0.15) is 0 Å². The van der Waals surface area contributed by atoms with Crippen LogP contribution in [0.5, 0.6) is 0 Å². The SMILES string of the molecule is CC=CCN(C=S)P(=S)(OCC)SC(C)CC. The Morgan fingerprint density at radius 2 is 2.12 bits per heavy atom. The molecule has 2 unspecified atom stereocenters. The lowest BCUT2D eigenvalue weighted by Crippen LogP contribution is -2.18. The van der Waals surface area contributed by atoms with Gasteiger partial charge in [0.05, 0.1) is 12.1 Å². The monoisotopic (exact) mass is 311 g/mol. The summed E-state index contributed by atoms with van der Waals surface area (Å²) in [5, 5.41) is 0.496. The lowest BCUT2D eigenvalue weighted by molar-refractivity contribution is 0.366. The van der Waals surface area contributed by atoms with Gasteiger partial charge in [0.25, 0.3) is 0 Å². The van der Waals surface area contributed by atoms with Crippen LogP contribution in [0.15, 0.2) is 12.2 Å². The summed E-state index contributed by atoms with van der Waals surface area (Å²) in [4.78, 5) is 0. The summed E-state index contributed by atoms with van der Waals surface area (Å²) in [5.74, 6) is 0. The third-order valence-corrected chi connectivity index (χ3v) is 9.55. The van der Waals surface area contributed by atoms with Crippen LogP contribution in [0, 0.1) is 0 Å². The van der Waals surface area contributed by atoms with Crippen LogP contribution in [0.2, 0.25) is 0 Å². The molecule has 100 valence electrons. The van der Waals surface area contributed by atoms with Gasteiger partial charge in [0, 0.05) is 11.8 Å². The summed E-state index contributed by atoms with van der Waals surface area (Å²) in [6.45, 7) is 9.69. The van der Waals surface area contributed by atoms with Crippen molar-refractivity contribution in [1.29, 1.82) is 0 Å². The Balaban J connectivity index is 4.86. The molecule has 0 aliphatic rings. The summed E-state index contributed by atoms with van der Waals surface area (Å²) in [6.07, 6.45) is 5.15. The first kappa shape index (κ1) is 17.6. The summed E-state index contributed by atoms with van der Waals surface area (Å²) in [6, 6.07) is 0. The third-order valence-electron chi connectivity index (χ3n) is 2.14. The van der Waals surface area contributed by atoms with E-state index in [-0.39, 0.29) is 0 Å². The van der Waals surface area contributed by atoms with Gasteiger partial charge in [0.15, 0.2) is 0 Å². The number of thiocarbonyl (C=S) groups is 1. The van der Waals surface area contributed by atoms with Crippen molar-refractivity contribution in [2.75, 3.05) is 13.2 Å². The van der Waals surface area contributed by atoms with Crippen molar-refractivity contribution < 1.29 is 4.52 Å². The van der Waals surface area contributed by atoms with E-state index in [4.69, 9.17) is 28.5 Å². The summed E-state index contributed by atoms with van der Waals surface area (Å²) < 4.78 is 7.83. The highest BCUT2D eigenvalue weighted by Crippen LogP contribution is 2.64. The van der Waals surface area contributed by atoms with Crippen LogP contribution < -0.4 is 0 Å². The number of hydrogen-bond donors (Lipinski definition) is 0. The first-order chi connectivity index (χ1) is 8.03. The minimum absolute atomic E-state index is 0.496. The van der Waals surface area contributed by atoms with Crippen LogP contribution in [0.4, 0.5) is 0 Å². The van der Waals surface area contributed by atoms with Crippen LogP contribution in [-0.4, -0.2) is 28.6 Å². The van der Waals surface area contributed by atoms with E-state index in [1.54, 1.807) is 16.9 Å². The van der Waals surface area contributed by atoms with Crippen molar-refractivity contribution in [3.8, 4) is 0 Å². The molecule has 0 aromatic heterocycles. The lowest BCUT2D eigenvalue weighted by Gasteiger charge is -2.32. The maximum Gasteiger partial charge on any atom is 0.213 e. The molecule has 0 spiro atoms. The zero-order chi connectivity index (χ0) is 13.3. The Hall–Kier alpha value is 0.590. The Morgan fingerprint density at radius 3 is 2.53 bits per heavy atom. The molecule has 0 amide bonds. The van der Waals surface area contributed by atoms with Crippen molar-refractivity contribution in [3.05, 3.63) is 12.2 Å². The molecule has 0 aromatic rings. The molecule has 0 aliphatic heterocycles. The van der Waals surface area contributed by atoms with E-state index < -0.39 is 5.62 Å². The number of allylic oxidation sites excluding steroid dienone is 1. The molecule has 0 heterocycles. The van der Waals surface area contributed by atoms with Crippen molar-refractivity contribution in [1.82, 2.24) is 4.67 Å². The molecule has 0 bridgehead atoms. The van der Waals surface area contributed by atoms with E-state index in [0.717, 1.165) is 13.0 Å². The molecule has 2 atom stereocenters. The second kappa shape index (κ2) is 9.51. The van der Waals surface area contributed by atoms with E-state index in [9.17, 15) is 0 Å². The number of rotatable bonds is 9. The van der Waals surface area contributed by atoms with Gasteiger partial charge >= 0.3 is 0 Å². The molecule has 0 aliphatic carbocycles. The molecule has 0 N–H and O–H groups in total. The normalized spacial score (nSPS) is 16.7. The zero-order valence-corrected chi connectivity index (χ0v) is 14.3. The van der Waals surface area contributed by atoms with Gasteiger partial charge in [0.2, 0.25) is 5.62 Å². The predicted octanol–water partition coefficient (Wildman–Crippen LogP) is 4.61. The van der Waals surface area contributed by atoms with E-state index in [0.29, 0.717) is 11.9 Å². The highest BCUT2D eigenvalue weighted by Gasteiger charge is 2.26. The molecule has 0 rings (SSSR count). The van der Waals surface area contributed by atoms with Gasteiger partial charge < -0.3 is 9.19 Å². The largest absolute Gasteiger partial charge is 0.327 e. The van der Waals surface area contributed by atoms with Crippen LogP contribution in [0.1, 0.15) is 34.1 Å². The maximum absolute atomic E-state index is 5.84. The molecule has 17 heavy (non-hydrogen) atoms. The fourth-order valence-corrected chi connectivity index (χ4v) is 8.55. The van der Waals surface area contributed by atoms with Crippen molar-refractivity contribution in [2.24, 2.45) is 0 Å². The molecule has 0 aromatic carbocycles. The minimum Gasteiger partial charge on any atom is -0.327 e. The van der Waals surface area contributed by atoms with Crippen LogP contribution >= 0.6 is 29.2 Å². The van der Waals surface area contributed by atoms with Gasteiger partial charge in [-0.3, -0.25) is 0 Å². The molecule has 0 saturated heterocycles. The number of hydrogen-bond acceptors (Lipinski definition) is 4. The molecule has 0 saturated carbocycles. The van der Waals surface area contributed by atoms with Crippen LogP contribution in [0.25, 0.3) is 0 Å². The summed E-state index contributed by atoms with van der Waals surface area (Å²) in [7, 11) is 0. The van der Waals surface area contributed by atoms with Gasteiger partial charge in [0.1, 0.15) is 0 Å². The van der Waals surface area contributed by atoms with Crippen LogP contribution in [-0.2, 0) is 16.3 Å². The molecular formula is C11H22NOPS3. The summed E-state index contributed by atoms with van der Waals surface area (Å²) >= 11 is 12.5. The highest BCUT2D eigenvalue weighted by atomic mass is 32.9. The first-order valence-electron chi connectivity index (χ1n) is 5.80. The maximum atomic E-state index is 5.84. The fourth-order valence-electron chi connectivity index (χ4n) is 1.04. The zero-order valence-electron chi connectivity index (χ0n) is 11.0. The Bertz CT molecular complexity index is 296. The van der Waals surface area contributed by atoms with Gasteiger partial charge in [-0.05, 0) is 32.1 Å². The Labute approximate surface area is 120 Å². The topological polar surface area (TPSA) is 12.5 Å². The Kier molecular flexibility index (Phi) is 9.84. The average molecular weight is 311 g/mol. The van der Waals surface area contributed by atoms with E-state index in [1.165, 1.54) is 0 Å². The molecular weight excluding hydrogens is 289 g/mol. The predicted molar refractivity (Wildman–Crippen MR) is 88.4 cm³/mol. The minimum atomic E-state index is -2.06. The van der Waals surface area contributed by atoms with Gasteiger partial charge in [-0.1, -0.05) is 49.6 Å². The second-order valence-corrected chi connectivity index (χ2v) is 10.7. The average Bonchev–Trinajstić information content (AvgIpc) is 2.30. The first-order valence-corrected chi connectivity index (χ1v) is 10.4. The molecule has 0 radical (unpaired) electrons. The third kappa shape index (κ3) is 6.35. The van der Waals surface area contributed by atoms with E-state index >= 15 is 0 Å². The van der Waals surface area contributed by atoms with Crippen molar-refractivity contribution >= 4 is 46.5 Å². The van der Waals surface area contributed by atoms with Crippen molar-refractivity contribution in [3.63, 3.8) is 0 Å². The Morgan fingerprint density at radius 1 is 1.47 bits per heavy atom. The van der Waals surface area contributed by atoms with E-state index in [1.807, 2.05) is 24.6 Å². The van der Waals surface area contributed by atoms with E-state index in [2.05, 4.69) is 19.9 Å². The quantitative estimate of drug-likeness (QED) is 0.349. The van der Waals surface area contributed by atoms with Gasteiger partial charge in [-0.25, -0.2) is 0 Å². The van der Waals surface area contributed by atoms with Crippen LogP contribution in [0.3, 0.4) is 0 Å². The molecule has 0 fully saturated rings. The summed E-state index contributed by atoms with van der Waals surface area (Å²) in [5.41, 5.74) is -0.415. The molecule has 2 nitrogen and oxygen atoms in total. The molecule has 6 heteroatoms. The second-order valence-electron chi connectivity index (χ2n) is 3.51. The fraction of sp³-hybridized carbons (Fsp3) is 0.727. The smallest absolute Gasteiger partial charge is 0.213 e. The number of nitrogens with zero attached hydrogens (tertiary/aromatic N) is 1. The van der Waals surface area contributed by atoms with Crippen molar-refractivity contribution in [2.45, 2.75) is 39.4 Å². The van der Waals surface area contributed by atoms with Gasteiger partial charge in [-0.15, -0.1) is 0 Å². The highest BCUT2D eigenvalue weighted by molar-refractivity contribution is 8.69.